The fourth-order valence-corrected chi connectivity index (χ4v) is 1.83. The first-order chi connectivity index (χ1) is 10.6. The third-order valence-corrected chi connectivity index (χ3v) is 2.77. The Balaban J connectivity index is 2.51. The van der Waals surface area contributed by atoms with Crippen molar-refractivity contribution in [1.82, 2.24) is 10.2 Å². The second kappa shape index (κ2) is 5.50. The van der Waals surface area contributed by atoms with E-state index in [9.17, 15) is 9.18 Å². The molecule has 1 aromatic carbocycles. The van der Waals surface area contributed by atoms with Gasteiger partial charge in [-0.3, -0.25) is 4.79 Å². The van der Waals surface area contributed by atoms with Gasteiger partial charge in [-0.1, -0.05) is 25.4 Å². The highest BCUT2D eigenvalue weighted by molar-refractivity contribution is 6.32. The zero-order chi connectivity index (χ0) is 17.4. The van der Waals surface area contributed by atoms with Crippen LogP contribution >= 0.6 is 11.6 Å². The normalized spacial score (nSPS) is 15.1. The lowest BCUT2D eigenvalue weighted by atomic mass is 10.1. The van der Waals surface area contributed by atoms with Gasteiger partial charge in [-0.15, -0.1) is 5.10 Å². The number of aromatic amines is 1. The van der Waals surface area contributed by atoms with Gasteiger partial charge in [-0.25, -0.2) is 9.49 Å². The molecule has 0 aliphatic heterocycles. The first-order valence-corrected chi connectivity index (χ1v) is 5.99. The van der Waals surface area contributed by atoms with Crippen molar-refractivity contribution in [2.75, 3.05) is 5.73 Å². The molecule has 0 aliphatic carbocycles. The number of anilines is 1. The Labute approximate surface area is 123 Å². The highest BCUT2D eigenvalue weighted by Gasteiger charge is 2.16. The van der Waals surface area contributed by atoms with Crippen LogP contribution in [0.25, 0.3) is 0 Å². The van der Waals surface area contributed by atoms with E-state index < -0.39 is 24.1 Å². The summed E-state index contributed by atoms with van der Waals surface area (Å²) in [7, 11) is 0. The van der Waals surface area contributed by atoms with Crippen LogP contribution in [-0.2, 0) is 0 Å². The summed E-state index contributed by atoms with van der Waals surface area (Å²) in [5.41, 5.74) is 4.97. The maximum absolute atomic E-state index is 13.9. The van der Waals surface area contributed by atoms with Gasteiger partial charge >= 0.3 is 0 Å². The summed E-state index contributed by atoms with van der Waals surface area (Å²) >= 11 is 5.88. The number of nitrogen functional groups attached to an aromatic ring is 1. The number of hydrogen-bond donors (Lipinski definition) is 2. The van der Waals surface area contributed by atoms with Gasteiger partial charge in [-0.2, -0.15) is 0 Å². The lowest BCUT2D eigenvalue weighted by Crippen LogP contribution is -2.11. The monoisotopic (exact) mass is 300 g/mol. The predicted molar refractivity (Wildman–Crippen MR) is 74.8 cm³/mol. The summed E-state index contributed by atoms with van der Waals surface area (Å²) in [5, 5.41) is 5.65. The maximum Gasteiger partial charge on any atom is 0.264 e. The largest absolute Gasteiger partial charge is 0.433 e. The minimum absolute atomic E-state index is 0.0149. The van der Waals surface area contributed by atoms with Gasteiger partial charge in [0.25, 0.3) is 5.56 Å². The average molecular weight is 301 g/mol. The molecule has 1 heterocycles. The lowest BCUT2D eigenvalue weighted by Gasteiger charge is -2.13. The number of hydrogen-bond acceptors (Lipinski definition) is 4. The molecule has 20 heavy (non-hydrogen) atoms. The molecule has 0 bridgehead atoms. The van der Waals surface area contributed by atoms with Crippen molar-refractivity contribution in [3.8, 4) is 11.6 Å². The molecule has 1 unspecified atom stereocenters. The molecule has 0 aliphatic rings. The van der Waals surface area contributed by atoms with Crippen molar-refractivity contribution in [1.29, 1.82) is 0 Å². The standard InChI is InChI=1S/C13H13ClFN3O2/c1-6(2)8-5-11(19)17-18-13(8)20-12-9(14)3-7(16)4-10(12)15/h3-6H,16H2,1-2H3,(H,17,19)/i1D3. The molecule has 0 saturated heterocycles. The third-order valence-electron chi connectivity index (χ3n) is 2.49. The second-order valence-electron chi connectivity index (χ2n) is 4.13. The van der Waals surface area contributed by atoms with Gasteiger partial charge in [-0.05, 0) is 12.0 Å². The van der Waals surface area contributed by atoms with Crippen LogP contribution in [0.4, 0.5) is 10.1 Å². The molecule has 0 amide bonds. The molecule has 2 aromatic rings. The summed E-state index contributed by atoms with van der Waals surface area (Å²) in [6.45, 7) is -1.01. The quantitative estimate of drug-likeness (QED) is 0.854. The topological polar surface area (TPSA) is 81.0 Å². The van der Waals surface area contributed by atoms with Crippen molar-refractivity contribution < 1.29 is 13.2 Å². The molecule has 1 atom stereocenters. The van der Waals surface area contributed by atoms with Crippen molar-refractivity contribution in [2.45, 2.75) is 19.7 Å². The Bertz CT molecular complexity index is 772. The SMILES string of the molecule is [2H]C([2H])([2H])C(C)c1cc(=O)[nH]nc1Oc1c(F)cc(N)cc1Cl. The van der Waals surface area contributed by atoms with Gasteiger partial charge in [0.1, 0.15) is 0 Å². The molecule has 3 N–H and O–H groups in total. The Kier molecular flexibility index (Phi) is 2.94. The minimum atomic E-state index is -2.39. The second-order valence-corrected chi connectivity index (χ2v) is 4.54. The van der Waals surface area contributed by atoms with Gasteiger partial charge in [0, 0.05) is 27.5 Å². The molecule has 5 nitrogen and oxygen atoms in total. The molecule has 0 fully saturated rings. The van der Waals surface area contributed by atoms with Crippen molar-refractivity contribution in [2.24, 2.45) is 0 Å². The van der Waals surface area contributed by atoms with E-state index in [1.165, 1.54) is 13.0 Å². The Morgan fingerprint density at radius 2 is 2.30 bits per heavy atom. The smallest absolute Gasteiger partial charge is 0.264 e. The maximum atomic E-state index is 13.9. The molecular weight excluding hydrogens is 285 g/mol. The number of benzene rings is 1. The van der Waals surface area contributed by atoms with E-state index in [2.05, 4.69) is 10.2 Å². The van der Waals surface area contributed by atoms with Gasteiger partial charge < -0.3 is 10.5 Å². The van der Waals surface area contributed by atoms with Gasteiger partial charge in [0.15, 0.2) is 11.6 Å². The molecule has 2 rings (SSSR count). The number of aromatic nitrogens is 2. The van der Waals surface area contributed by atoms with Gasteiger partial charge in [0.2, 0.25) is 5.88 Å². The van der Waals surface area contributed by atoms with Crippen LogP contribution in [0.2, 0.25) is 5.02 Å². The van der Waals surface area contributed by atoms with Crippen LogP contribution in [0.15, 0.2) is 23.0 Å². The molecule has 1 aromatic heterocycles. The van der Waals surface area contributed by atoms with E-state index >= 15 is 0 Å². The summed E-state index contributed by atoms with van der Waals surface area (Å²) in [6.07, 6.45) is 0. The number of ether oxygens (including phenoxy) is 1. The van der Waals surface area contributed by atoms with E-state index in [0.29, 0.717) is 0 Å². The zero-order valence-corrected chi connectivity index (χ0v) is 11.2. The number of H-pyrrole nitrogens is 1. The Hall–Kier alpha value is -2.08. The molecular formula is C13H13ClFN3O2. The van der Waals surface area contributed by atoms with Crippen molar-refractivity contribution >= 4 is 17.3 Å². The molecule has 0 spiro atoms. The molecule has 0 radical (unpaired) electrons. The number of halogens is 2. The number of nitrogens with one attached hydrogen (secondary N) is 1. The fourth-order valence-electron chi connectivity index (χ4n) is 1.57. The molecule has 106 valence electrons. The van der Waals surface area contributed by atoms with E-state index in [1.807, 2.05) is 0 Å². The minimum Gasteiger partial charge on any atom is -0.433 e. The lowest BCUT2D eigenvalue weighted by molar-refractivity contribution is 0.414. The van der Waals surface area contributed by atoms with E-state index in [1.54, 1.807) is 0 Å². The van der Waals surface area contributed by atoms with Crippen LogP contribution < -0.4 is 16.0 Å². The Morgan fingerprint density at radius 1 is 1.55 bits per heavy atom. The van der Waals surface area contributed by atoms with Gasteiger partial charge in [0.05, 0.1) is 5.02 Å². The summed E-state index contributed by atoms with van der Waals surface area (Å²) in [5.74, 6) is -2.50. The summed E-state index contributed by atoms with van der Waals surface area (Å²) in [4.78, 5) is 11.4. The Morgan fingerprint density at radius 3 is 2.95 bits per heavy atom. The number of rotatable bonds is 3. The van der Waals surface area contributed by atoms with Crippen LogP contribution in [0.5, 0.6) is 11.6 Å². The highest BCUT2D eigenvalue weighted by atomic mass is 35.5. The zero-order valence-electron chi connectivity index (χ0n) is 13.4. The van der Waals surface area contributed by atoms with Crippen LogP contribution in [0.3, 0.4) is 0 Å². The van der Waals surface area contributed by atoms with Crippen molar-refractivity contribution in [3.63, 3.8) is 0 Å². The van der Waals surface area contributed by atoms with E-state index in [-0.39, 0.29) is 27.9 Å². The summed E-state index contributed by atoms with van der Waals surface area (Å²) < 4.78 is 41.6. The van der Waals surface area contributed by atoms with Crippen LogP contribution in [-0.4, -0.2) is 10.2 Å². The first kappa shape index (κ1) is 10.7. The van der Waals surface area contributed by atoms with E-state index in [4.69, 9.17) is 26.2 Å². The number of nitrogens with two attached hydrogens (primary N) is 1. The molecule has 7 heteroatoms. The predicted octanol–water partition coefficient (Wildman–Crippen LogP) is 3.06. The average Bonchev–Trinajstić information content (AvgIpc) is 2.42. The first-order valence-electron chi connectivity index (χ1n) is 7.11. The highest BCUT2D eigenvalue weighted by Crippen LogP contribution is 2.35. The third kappa shape index (κ3) is 2.91. The van der Waals surface area contributed by atoms with Crippen molar-refractivity contribution in [3.05, 3.63) is 45.0 Å². The van der Waals surface area contributed by atoms with Crippen LogP contribution in [0, 0.1) is 5.82 Å². The van der Waals surface area contributed by atoms with Crippen LogP contribution in [0.1, 0.15) is 29.4 Å². The number of nitrogens with zero attached hydrogens (tertiary/aromatic N) is 1. The summed E-state index contributed by atoms with van der Waals surface area (Å²) in [6, 6.07) is 3.32. The molecule has 0 saturated carbocycles. The van der Waals surface area contributed by atoms with E-state index in [0.717, 1.165) is 12.1 Å². The fraction of sp³-hybridized carbons (Fsp3) is 0.231.